The molecule has 1 amide bonds. The predicted molar refractivity (Wildman–Crippen MR) is 115 cm³/mol. The number of phenols is 1. The molecule has 0 bridgehead atoms. The van der Waals surface area contributed by atoms with Crippen molar-refractivity contribution >= 4 is 23.5 Å². The van der Waals surface area contributed by atoms with Crippen LogP contribution in [0.2, 0.25) is 0 Å². The number of amides is 1. The van der Waals surface area contributed by atoms with E-state index in [1.807, 2.05) is 0 Å². The number of anilines is 1. The number of benzene rings is 3. The number of hydrogen-bond donors (Lipinski definition) is 2. The molecule has 158 valence electrons. The molecule has 7 nitrogen and oxygen atoms in total. The molecule has 0 radical (unpaired) electrons. The predicted octanol–water partition coefficient (Wildman–Crippen LogP) is 4.03. The number of carbonyl (C=O) groups is 3. The second-order valence-electron chi connectivity index (χ2n) is 6.51. The van der Waals surface area contributed by atoms with E-state index >= 15 is 0 Å². The van der Waals surface area contributed by atoms with E-state index in [2.05, 4.69) is 5.32 Å². The fourth-order valence-corrected chi connectivity index (χ4v) is 2.83. The lowest BCUT2D eigenvalue weighted by Crippen LogP contribution is -2.22. The van der Waals surface area contributed by atoms with Crippen LogP contribution in [0.15, 0.2) is 72.8 Å². The van der Waals surface area contributed by atoms with Gasteiger partial charge in [-0.2, -0.15) is 0 Å². The van der Waals surface area contributed by atoms with Gasteiger partial charge >= 0.3 is 11.9 Å². The maximum absolute atomic E-state index is 12.2. The van der Waals surface area contributed by atoms with E-state index in [1.54, 1.807) is 73.7 Å². The zero-order valence-electron chi connectivity index (χ0n) is 16.8. The number of carbonyl (C=O) groups excluding carboxylic acids is 3. The maximum atomic E-state index is 12.2. The summed E-state index contributed by atoms with van der Waals surface area (Å²) in [4.78, 5) is 36.4. The maximum Gasteiger partial charge on any atom is 0.340 e. The number of para-hydroxylation sites is 1. The van der Waals surface area contributed by atoms with Crippen LogP contribution in [0.1, 0.15) is 27.6 Å². The molecule has 0 aliphatic carbocycles. The summed E-state index contributed by atoms with van der Waals surface area (Å²) in [6.07, 6.45) is 0. The minimum Gasteiger partial charge on any atom is -0.508 e. The Kier molecular flexibility index (Phi) is 7.01. The van der Waals surface area contributed by atoms with Crippen molar-refractivity contribution in [1.82, 2.24) is 0 Å². The van der Waals surface area contributed by atoms with Crippen molar-refractivity contribution in [2.75, 3.05) is 18.5 Å². The van der Waals surface area contributed by atoms with Crippen molar-refractivity contribution in [3.63, 3.8) is 0 Å². The first-order chi connectivity index (χ1) is 15.0. The number of ether oxygens (including phenoxy) is 2. The van der Waals surface area contributed by atoms with Gasteiger partial charge in [0, 0.05) is 0 Å². The summed E-state index contributed by atoms with van der Waals surface area (Å²) in [7, 11) is 0. The number of esters is 2. The van der Waals surface area contributed by atoms with E-state index in [-0.39, 0.29) is 23.6 Å². The lowest BCUT2D eigenvalue weighted by atomic mass is 10.0. The van der Waals surface area contributed by atoms with E-state index in [0.29, 0.717) is 5.56 Å². The second kappa shape index (κ2) is 10.1. The lowest BCUT2D eigenvalue weighted by molar-refractivity contribution is -0.119. The van der Waals surface area contributed by atoms with E-state index in [1.165, 1.54) is 6.07 Å². The third-order valence-electron chi connectivity index (χ3n) is 4.35. The third-order valence-corrected chi connectivity index (χ3v) is 4.35. The standard InChI is InChI=1S/C24H21NO6/c1-2-30-24(29)20-5-3-4-6-21(20)25-22(27)15-31-23(28)18-9-7-16(8-10-18)17-11-13-19(26)14-12-17/h3-14,26H,2,15H2,1H3,(H,25,27). The second-order valence-corrected chi connectivity index (χ2v) is 6.51. The molecular formula is C24H21NO6. The molecule has 0 aliphatic rings. The average molecular weight is 419 g/mol. The van der Waals surface area contributed by atoms with E-state index in [0.717, 1.165) is 11.1 Å². The molecular weight excluding hydrogens is 398 g/mol. The molecule has 0 atom stereocenters. The first kappa shape index (κ1) is 21.6. The first-order valence-electron chi connectivity index (χ1n) is 9.60. The van der Waals surface area contributed by atoms with Gasteiger partial charge in [0.05, 0.1) is 23.4 Å². The summed E-state index contributed by atoms with van der Waals surface area (Å²) in [5.74, 6) is -1.60. The molecule has 31 heavy (non-hydrogen) atoms. The third kappa shape index (κ3) is 5.70. The van der Waals surface area contributed by atoms with Crippen LogP contribution >= 0.6 is 0 Å². The summed E-state index contributed by atoms with van der Waals surface area (Å²) < 4.78 is 10.0. The minimum absolute atomic E-state index is 0.173. The molecule has 0 aliphatic heterocycles. The normalized spacial score (nSPS) is 10.2. The largest absolute Gasteiger partial charge is 0.508 e. The Balaban J connectivity index is 1.58. The summed E-state index contributed by atoms with van der Waals surface area (Å²) >= 11 is 0. The number of rotatable bonds is 7. The highest BCUT2D eigenvalue weighted by Gasteiger charge is 2.15. The molecule has 0 aromatic heterocycles. The van der Waals surface area contributed by atoms with Gasteiger partial charge in [0.1, 0.15) is 5.75 Å². The van der Waals surface area contributed by atoms with Gasteiger partial charge in [-0.3, -0.25) is 4.79 Å². The van der Waals surface area contributed by atoms with E-state index in [4.69, 9.17) is 9.47 Å². The SMILES string of the molecule is CCOC(=O)c1ccccc1NC(=O)COC(=O)c1ccc(-c2ccc(O)cc2)cc1. The first-order valence-corrected chi connectivity index (χ1v) is 9.60. The molecule has 0 spiro atoms. The molecule has 0 unspecified atom stereocenters. The molecule has 3 rings (SSSR count). The zero-order valence-corrected chi connectivity index (χ0v) is 16.8. The van der Waals surface area contributed by atoms with E-state index in [9.17, 15) is 19.5 Å². The van der Waals surface area contributed by atoms with Crippen LogP contribution < -0.4 is 5.32 Å². The highest BCUT2D eigenvalue weighted by Crippen LogP contribution is 2.22. The van der Waals surface area contributed by atoms with Gasteiger partial charge in [0.15, 0.2) is 6.61 Å². The summed E-state index contributed by atoms with van der Waals surface area (Å²) in [5.41, 5.74) is 2.54. The number of nitrogens with one attached hydrogen (secondary N) is 1. The van der Waals surface area contributed by atoms with Gasteiger partial charge < -0.3 is 19.9 Å². The van der Waals surface area contributed by atoms with Crippen molar-refractivity contribution in [2.45, 2.75) is 6.92 Å². The van der Waals surface area contributed by atoms with Crippen molar-refractivity contribution in [3.05, 3.63) is 83.9 Å². The highest BCUT2D eigenvalue weighted by molar-refractivity contribution is 6.02. The molecule has 3 aromatic carbocycles. The fourth-order valence-electron chi connectivity index (χ4n) is 2.83. The molecule has 7 heteroatoms. The highest BCUT2D eigenvalue weighted by atomic mass is 16.5. The lowest BCUT2D eigenvalue weighted by Gasteiger charge is -2.11. The molecule has 2 N–H and O–H groups in total. The van der Waals surface area contributed by atoms with Gasteiger partial charge in [0.2, 0.25) is 0 Å². The molecule has 0 saturated heterocycles. The Morgan fingerprint density at radius 2 is 1.42 bits per heavy atom. The molecule has 3 aromatic rings. The van der Waals surface area contributed by atoms with Gasteiger partial charge in [-0.1, -0.05) is 36.4 Å². The van der Waals surface area contributed by atoms with Gasteiger partial charge in [0.25, 0.3) is 5.91 Å². The smallest absolute Gasteiger partial charge is 0.340 e. The number of aromatic hydroxyl groups is 1. The molecule has 0 heterocycles. The Labute approximate surface area is 179 Å². The Morgan fingerprint density at radius 3 is 2.06 bits per heavy atom. The van der Waals surface area contributed by atoms with Crippen LogP contribution in [0.4, 0.5) is 5.69 Å². The van der Waals surface area contributed by atoms with Crippen LogP contribution in [-0.4, -0.2) is 36.2 Å². The zero-order chi connectivity index (χ0) is 22.2. The Hall–Kier alpha value is -4.13. The van der Waals surface area contributed by atoms with Crippen LogP contribution in [0.25, 0.3) is 11.1 Å². The van der Waals surface area contributed by atoms with Gasteiger partial charge in [-0.05, 0) is 54.4 Å². The van der Waals surface area contributed by atoms with Crippen LogP contribution in [0, 0.1) is 0 Å². The van der Waals surface area contributed by atoms with Gasteiger partial charge in [-0.25, -0.2) is 9.59 Å². The number of phenolic OH excluding ortho intramolecular Hbond substituents is 1. The van der Waals surface area contributed by atoms with Crippen molar-refractivity contribution in [2.24, 2.45) is 0 Å². The van der Waals surface area contributed by atoms with Crippen molar-refractivity contribution < 1.29 is 29.0 Å². The molecule has 0 saturated carbocycles. The van der Waals surface area contributed by atoms with Crippen LogP contribution in [0.5, 0.6) is 5.75 Å². The van der Waals surface area contributed by atoms with Crippen LogP contribution in [-0.2, 0) is 14.3 Å². The van der Waals surface area contributed by atoms with Gasteiger partial charge in [-0.15, -0.1) is 0 Å². The topological polar surface area (TPSA) is 102 Å². The Morgan fingerprint density at radius 1 is 0.806 bits per heavy atom. The quantitative estimate of drug-likeness (QED) is 0.561. The average Bonchev–Trinajstić information content (AvgIpc) is 2.78. The summed E-state index contributed by atoms with van der Waals surface area (Å²) in [6, 6.07) is 19.8. The Bertz CT molecular complexity index is 1070. The van der Waals surface area contributed by atoms with Crippen LogP contribution in [0.3, 0.4) is 0 Å². The fraction of sp³-hybridized carbons (Fsp3) is 0.125. The van der Waals surface area contributed by atoms with E-state index < -0.39 is 24.5 Å². The number of hydrogen-bond acceptors (Lipinski definition) is 6. The summed E-state index contributed by atoms with van der Waals surface area (Å²) in [6.45, 7) is 1.40. The molecule has 0 fully saturated rings. The van der Waals surface area contributed by atoms with Crippen molar-refractivity contribution in [3.8, 4) is 16.9 Å². The summed E-state index contributed by atoms with van der Waals surface area (Å²) in [5, 5.41) is 11.9. The monoisotopic (exact) mass is 419 g/mol. The van der Waals surface area contributed by atoms with Crippen molar-refractivity contribution in [1.29, 1.82) is 0 Å². The minimum atomic E-state index is -0.647.